The molecular formula is C9H10N2O3. The fourth-order valence-corrected chi connectivity index (χ4v) is 1.46. The van der Waals surface area contributed by atoms with E-state index >= 15 is 0 Å². The van der Waals surface area contributed by atoms with Gasteiger partial charge in [0, 0.05) is 12.1 Å². The minimum absolute atomic E-state index is 0.118. The second kappa shape index (κ2) is 3.73. The lowest BCUT2D eigenvalue weighted by Crippen LogP contribution is -2.11. The smallest absolute Gasteiger partial charge is 0.269 e. The van der Waals surface area contributed by atoms with E-state index in [4.69, 9.17) is 4.84 Å². The number of hydroxylamine groups is 1. The Morgan fingerprint density at radius 3 is 2.64 bits per heavy atom. The van der Waals surface area contributed by atoms with Gasteiger partial charge in [-0.05, 0) is 12.0 Å². The Kier molecular flexibility index (Phi) is 2.43. The van der Waals surface area contributed by atoms with Crippen LogP contribution in [0.1, 0.15) is 18.0 Å². The van der Waals surface area contributed by atoms with E-state index in [1.165, 1.54) is 12.1 Å². The van der Waals surface area contributed by atoms with Gasteiger partial charge in [-0.3, -0.25) is 10.1 Å². The van der Waals surface area contributed by atoms with Gasteiger partial charge in [0.25, 0.3) is 5.69 Å². The van der Waals surface area contributed by atoms with Gasteiger partial charge in [-0.2, -0.15) is 5.48 Å². The monoisotopic (exact) mass is 194 g/mol. The highest BCUT2D eigenvalue weighted by molar-refractivity contribution is 5.34. The molecule has 74 valence electrons. The van der Waals surface area contributed by atoms with Crippen molar-refractivity contribution in [2.75, 3.05) is 6.61 Å². The zero-order chi connectivity index (χ0) is 9.97. The average molecular weight is 194 g/mol. The summed E-state index contributed by atoms with van der Waals surface area (Å²) in [6.07, 6.45) is 0.901. The fourth-order valence-electron chi connectivity index (χ4n) is 1.46. The van der Waals surface area contributed by atoms with Crippen LogP contribution >= 0.6 is 0 Å². The largest absolute Gasteiger partial charge is 0.301 e. The molecule has 5 heteroatoms. The van der Waals surface area contributed by atoms with E-state index in [0.717, 1.165) is 12.0 Å². The fraction of sp³-hybridized carbons (Fsp3) is 0.333. The van der Waals surface area contributed by atoms with E-state index in [9.17, 15) is 10.1 Å². The van der Waals surface area contributed by atoms with Crippen molar-refractivity contribution in [3.05, 3.63) is 39.9 Å². The Morgan fingerprint density at radius 2 is 2.14 bits per heavy atom. The van der Waals surface area contributed by atoms with E-state index in [1.54, 1.807) is 12.1 Å². The summed E-state index contributed by atoms with van der Waals surface area (Å²) in [6, 6.07) is 6.69. The quantitative estimate of drug-likeness (QED) is 0.573. The van der Waals surface area contributed by atoms with Crippen LogP contribution in [0.15, 0.2) is 24.3 Å². The second-order valence-electron chi connectivity index (χ2n) is 3.16. The molecule has 14 heavy (non-hydrogen) atoms. The highest BCUT2D eigenvalue weighted by Gasteiger charge is 2.17. The molecule has 0 radical (unpaired) electrons. The predicted molar refractivity (Wildman–Crippen MR) is 49.5 cm³/mol. The summed E-state index contributed by atoms with van der Waals surface area (Å²) in [6.45, 7) is 0.682. The summed E-state index contributed by atoms with van der Waals surface area (Å²) in [7, 11) is 0. The molecule has 1 aliphatic heterocycles. The molecule has 5 nitrogen and oxygen atoms in total. The van der Waals surface area contributed by atoms with Crippen LogP contribution in [0.2, 0.25) is 0 Å². The standard InChI is InChI=1S/C9H10N2O3/c12-11(13)8-3-1-7(2-4-8)9-5-6-14-10-9/h1-4,9-10H,5-6H2. The van der Waals surface area contributed by atoms with Crippen LogP contribution in [0.3, 0.4) is 0 Å². The number of rotatable bonds is 2. The number of hydrogen-bond donors (Lipinski definition) is 1. The Bertz CT molecular complexity index is 330. The first-order valence-corrected chi connectivity index (χ1v) is 4.39. The Morgan fingerprint density at radius 1 is 1.43 bits per heavy atom. The maximum Gasteiger partial charge on any atom is 0.269 e. The van der Waals surface area contributed by atoms with Gasteiger partial charge in [0.05, 0.1) is 17.6 Å². The Labute approximate surface area is 80.8 Å². The normalized spacial score (nSPS) is 21.0. The van der Waals surface area contributed by atoms with Crippen LogP contribution in [0, 0.1) is 10.1 Å². The number of non-ortho nitro benzene ring substituents is 1. The highest BCUT2D eigenvalue weighted by Crippen LogP contribution is 2.22. The first-order chi connectivity index (χ1) is 6.77. The number of nitrogens with one attached hydrogen (secondary N) is 1. The first-order valence-electron chi connectivity index (χ1n) is 4.39. The molecule has 0 amide bonds. The molecule has 1 aliphatic rings. The van der Waals surface area contributed by atoms with Crippen LogP contribution in [0.25, 0.3) is 0 Å². The summed E-state index contributed by atoms with van der Waals surface area (Å²) in [5.74, 6) is 0. The second-order valence-corrected chi connectivity index (χ2v) is 3.16. The summed E-state index contributed by atoms with van der Waals surface area (Å²) < 4.78 is 0. The van der Waals surface area contributed by atoms with E-state index in [-0.39, 0.29) is 11.7 Å². The van der Waals surface area contributed by atoms with Crippen LogP contribution in [-0.2, 0) is 4.84 Å². The van der Waals surface area contributed by atoms with Crippen LogP contribution in [0.5, 0.6) is 0 Å². The molecule has 2 rings (SSSR count). The van der Waals surface area contributed by atoms with Gasteiger partial charge in [0.1, 0.15) is 0 Å². The van der Waals surface area contributed by atoms with E-state index in [0.29, 0.717) is 6.61 Å². The summed E-state index contributed by atoms with van der Waals surface area (Å²) in [5, 5.41) is 10.4. The minimum Gasteiger partial charge on any atom is -0.301 e. The molecule has 1 unspecified atom stereocenters. The molecule has 1 aromatic rings. The zero-order valence-corrected chi connectivity index (χ0v) is 7.47. The van der Waals surface area contributed by atoms with Crippen LogP contribution in [-0.4, -0.2) is 11.5 Å². The molecule has 0 aliphatic carbocycles. The average Bonchev–Trinajstić information content (AvgIpc) is 2.71. The minimum atomic E-state index is -0.400. The lowest BCUT2D eigenvalue weighted by Gasteiger charge is -2.07. The van der Waals surface area contributed by atoms with Crippen LogP contribution in [0.4, 0.5) is 5.69 Å². The first kappa shape index (κ1) is 9.11. The van der Waals surface area contributed by atoms with Gasteiger partial charge in [0.15, 0.2) is 0 Å². The van der Waals surface area contributed by atoms with Crippen molar-refractivity contribution >= 4 is 5.69 Å². The lowest BCUT2D eigenvalue weighted by atomic mass is 10.1. The van der Waals surface area contributed by atoms with Crippen molar-refractivity contribution < 1.29 is 9.76 Å². The van der Waals surface area contributed by atoms with E-state index in [1.807, 2.05) is 0 Å². The Balaban J connectivity index is 2.16. The molecular weight excluding hydrogens is 184 g/mol. The molecule has 1 fully saturated rings. The van der Waals surface area contributed by atoms with Crippen molar-refractivity contribution in [3.8, 4) is 0 Å². The van der Waals surface area contributed by atoms with Gasteiger partial charge in [-0.1, -0.05) is 12.1 Å². The van der Waals surface area contributed by atoms with E-state index in [2.05, 4.69) is 5.48 Å². The van der Waals surface area contributed by atoms with Crippen molar-refractivity contribution in [1.82, 2.24) is 5.48 Å². The maximum absolute atomic E-state index is 10.4. The van der Waals surface area contributed by atoms with Crippen molar-refractivity contribution in [2.45, 2.75) is 12.5 Å². The van der Waals surface area contributed by atoms with Gasteiger partial charge in [-0.25, -0.2) is 0 Å². The number of nitro groups is 1. The van der Waals surface area contributed by atoms with Crippen molar-refractivity contribution in [3.63, 3.8) is 0 Å². The third-order valence-corrected chi connectivity index (χ3v) is 2.24. The molecule has 1 aromatic carbocycles. The molecule has 1 heterocycles. The SMILES string of the molecule is O=[N+]([O-])c1ccc(C2CCON2)cc1. The van der Waals surface area contributed by atoms with Crippen molar-refractivity contribution in [1.29, 1.82) is 0 Å². The van der Waals surface area contributed by atoms with Crippen molar-refractivity contribution in [2.24, 2.45) is 0 Å². The topological polar surface area (TPSA) is 64.4 Å². The van der Waals surface area contributed by atoms with Gasteiger partial charge in [-0.15, -0.1) is 0 Å². The third kappa shape index (κ3) is 1.73. The molecule has 1 atom stereocenters. The molecule has 0 bridgehead atoms. The lowest BCUT2D eigenvalue weighted by molar-refractivity contribution is -0.384. The number of nitro benzene ring substituents is 1. The maximum atomic E-state index is 10.4. The third-order valence-electron chi connectivity index (χ3n) is 2.24. The van der Waals surface area contributed by atoms with Crippen LogP contribution < -0.4 is 5.48 Å². The molecule has 0 aromatic heterocycles. The van der Waals surface area contributed by atoms with E-state index < -0.39 is 4.92 Å². The molecule has 0 spiro atoms. The summed E-state index contributed by atoms with van der Waals surface area (Å²) >= 11 is 0. The molecule has 1 saturated heterocycles. The molecule has 1 N–H and O–H groups in total. The number of nitrogens with zero attached hydrogens (tertiary/aromatic N) is 1. The van der Waals surface area contributed by atoms with Gasteiger partial charge < -0.3 is 4.84 Å². The van der Waals surface area contributed by atoms with Gasteiger partial charge in [0.2, 0.25) is 0 Å². The Hall–Kier alpha value is -1.46. The number of hydrogen-bond acceptors (Lipinski definition) is 4. The highest BCUT2D eigenvalue weighted by atomic mass is 16.7. The number of benzene rings is 1. The summed E-state index contributed by atoms with van der Waals surface area (Å²) in [4.78, 5) is 15.0. The predicted octanol–water partition coefficient (Wildman–Crippen LogP) is 1.56. The summed E-state index contributed by atoms with van der Waals surface area (Å²) in [5.41, 5.74) is 3.99. The zero-order valence-electron chi connectivity index (χ0n) is 7.47. The molecule has 0 saturated carbocycles. The van der Waals surface area contributed by atoms with Gasteiger partial charge >= 0.3 is 0 Å².